The molecule has 0 saturated carbocycles. The summed E-state index contributed by atoms with van der Waals surface area (Å²) in [7, 11) is -3.42. The molecule has 1 amide bonds. The van der Waals surface area contributed by atoms with Crippen LogP contribution in [0.15, 0.2) is 23.1 Å². The highest BCUT2D eigenvalue weighted by atomic mass is 32.2. The van der Waals surface area contributed by atoms with Crippen molar-refractivity contribution in [3.05, 3.63) is 29.3 Å². The molecule has 1 aromatic rings. The third-order valence-electron chi connectivity index (χ3n) is 3.91. The maximum Gasteiger partial charge on any atom is 0.339 e. The van der Waals surface area contributed by atoms with Gasteiger partial charge in [-0.2, -0.15) is 0 Å². The Morgan fingerprint density at radius 3 is 2.39 bits per heavy atom. The highest BCUT2D eigenvalue weighted by molar-refractivity contribution is 7.90. The molecule has 1 saturated heterocycles. The number of hydrogen-bond acceptors (Lipinski definition) is 5. The molecule has 0 aliphatic carbocycles. The summed E-state index contributed by atoms with van der Waals surface area (Å²) >= 11 is 0. The molecule has 0 bridgehead atoms. The molecule has 0 unspecified atom stereocenters. The van der Waals surface area contributed by atoms with E-state index in [0.29, 0.717) is 18.7 Å². The molecule has 7 heteroatoms. The van der Waals surface area contributed by atoms with Crippen LogP contribution in [-0.2, 0) is 19.4 Å². The lowest BCUT2D eigenvalue weighted by Gasteiger charge is -2.20. The Hall–Kier alpha value is -1.89. The molecule has 1 fully saturated rings. The second kappa shape index (κ2) is 6.70. The van der Waals surface area contributed by atoms with Crippen LogP contribution in [0.4, 0.5) is 0 Å². The maximum atomic E-state index is 12.3. The number of esters is 1. The van der Waals surface area contributed by atoms with E-state index < -0.39 is 21.9 Å². The van der Waals surface area contributed by atoms with Crippen molar-refractivity contribution in [2.24, 2.45) is 0 Å². The van der Waals surface area contributed by atoms with Crippen molar-refractivity contribution >= 4 is 21.7 Å². The summed E-state index contributed by atoms with van der Waals surface area (Å²) in [6.45, 7) is 4.59. The molecule has 0 N–H and O–H groups in total. The molecule has 126 valence electrons. The number of ether oxygens (including phenoxy) is 1. The van der Waals surface area contributed by atoms with Crippen LogP contribution in [0, 0.1) is 6.92 Å². The van der Waals surface area contributed by atoms with Gasteiger partial charge < -0.3 is 9.64 Å². The molecule has 23 heavy (non-hydrogen) atoms. The second-order valence-electron chi connectivity index (χ2n) is 5.83. The van der Waals surface area contributed by atoms with Gasteiger partial charge in [-0.15, -0.1) is 0 Å². The number of sulfone groups is 1. The monoisotopic (exact) mass is 339 g/mol. The van der Waals surface area contributed by atoms with E-state index >= 15 is 0 Å². The van der Waals surface area contributed by atoms with Crippen molar-refractivity contribution in [3.8, 4) is 0 Å². The van der Waals surface area contributed by atoms with Crippen LogP contribution in [0.25, 0.3) is 0 Å². The van der Waals surface area contributed by atoms with Crippen LogP contribution in [0.3, 0.4) is 0 Å². The molecule has 1 aliphatic heterocycles. The van der Waals surface area contributed by atoms with Gasteiger partial charge in [-0.05, 0) is 44.4 Å². The number of carbonyl (C=O) groups excluding carboxylic acids is 2. The first-order valence-electron chi connectivity index (χ1n) is 7.50. The van der Waals surface area contributed by atoms with Crippen molar-refractivity contribution in [3.63, 3.8) is 0 Å². The summed E-state index contributed by atoms with van der Waals surface area (Å²) in [5.41, 5.74) is 0.761. The lowest BCUT2D eigenvalue weighted by molar-refractivity contribution is -0.138. The van der Waals surface area contributed by atoms with Crippen LogP contribution in [0.5, 0.6) is 0 Å². The third-order valence-corrected chi connectivity index (χ3v) is 5.02. The van der Waals surface area contributed by atoms with Gasteiger partial charge in [-0.1, -0.05) is 6.07 Å². The van der Waals surface area contributed by atoms with Gasteiger partial charge >= 0.3 is 5.97 Å². The quantitative estimate of drug-likeness (QED) is 0.778. The van der Waals surface area contributed by atoms with Crippen LogP contribution >= 0.6 is 0 Å². The first kappa shape index (κ1) is 17.5. The molecular formula is C16H21NO5S. The van der Waals surface area contributed by atoms with Crippen LogP contribution in [0.1, 0.15) is 35.7 Å². The largest absolute Gasteiger partial charge is 0.449 e. The number of likely N-dealkylation sites (tertiary alicyclic amines) is 1. The minimum atomic E-state index is -3.42. The molecule has 2 rings (SSSR count). The average Bonchev–Trinajstić information content (AvgIpc) is 2.99. The van der Waals surface area contributed by atoms with E-state index in [2.05, 4.69) is 0 Å². The van der Waals surface area contributed by atoms with Gasteiger partial charge in [0.05, 0.1) is 10.5 Å². The number of aryl methyl sites for hydroxylation is 1. The van der Waals surface area contributed by atoms with Crippen molar-refractivity contribution in [1.82, 2.24) is 4.90 Å². The van der Waals surface area contributed by atoms with Crippen molar-refractivity contribution in [1.29, 1.82) is 0 Å². The van der Waals surface area contributed by atoms with Crippen LogP contribution < -0.4 is 0 Å². The number of nitrogens with zero attached hydrogens (tertiary/aromatic N) is 1. The van der Waals surface area contributed by atoms with Gasteiger partial charge in [-0.25, -0.2) is 13.2 Å². The predicted octanol–water partition coefficient (Wildman–Crippen LogP) is 1.57. The topological polar surface area (TPSA) is 80.7 Å². The zero-order valence-electron chi connectivity index (χ0n) is 13.5. The normalized spacial score (nSPS) is 16.2. The fraction of sp³-hybridized carbons (Fsp3) is 0.500. The zero-order valence-corrected chi connectivity index (χ0v) is 14.4. The summed E-state index contributed by atoms with van der Waals surface area (Å²) < 4.78 is 28.5. The van der Waals surface area contributed by atoms with E-state index in [1.165, 1.54) is 19.1 Å². The Labute approximate surface area is 136 Å². The molecule has 6 nitrogen and oxygen atoms in total. The lowest BCUT2D eigenvalue weighted by atomic mass is 10.1. The number of amides is 1. The highest BCUT2D eigenvalue weighted by Gasteiger charge is 2.27. The molecule has 0 radical (unpaired) electrons. The van der Waals surface area contributed by atoms with E-state index in [4.69, 9.17) is 4.74 Å². The number of rotatable bonds is 4. The smallest absolute Gasteiger partial charge is 0.339 e. The zero-order chi connectivity index (χ0) is 17.2. The molecule has 1 aliphatic rings. The van der Waals surface area contributed by atoms with Crippen LogP contribution in [-0.4, -0.2) is 50.6 Å². The SMILES string of the molecule is Cc1ccc(S(C)(=O)=O)cc1C(=O)O[C@H](C)C(=O)N1CCCC1. The first-order chi connectivity index (χ1) is 10.7. The molecule has 1 atom stereocenters. The average molecular weight is 339 g/mol. The summed E-state index contributed by atoms with van der Waals surface area (Å²) in [5.74, 6) is -0.902. The van der Waals surface area contributed by atoms with Gasteiger partial charge in [0.25, 0.3) is 5.91 Å². The lowest BCUT2D eigenvalue weighted by Crippen LogP contribution is -2.38. The Morgan fingerprint density at radius 1 is 1.22 bits per heavy atom. The number of hydrogen-bond donors (Lipinski definition) is 0. The van der Waals surface area contributed by atoms with Gasteiger partial charge in [0.1, 0.15) is 0 Å². The summed E-state index contributed by atoms with van der Waals surface area (Å²) in [6, 6.07) is 4.29. The Bertz CT molecular complexity index is 720. The maximum absolute atomic E-state index is 12.3. The van der Waals surface area contributed by atoms with Crippen LogP contribution in [0.2, 0.25) is 0 Å². The first-order valence-corrected chi connectivity index (χ1v) is 9.40. The third kappa shape index (κ3) is 4.10. The highest BCUT2D eigenvalue weighted by Crippen LogP contribution is 2.18. The van der Waals surface area contributed by atoms with E-state index in [9.17, 15) is 18.0 Å². The Kier molecular flexibility index (Phi) is 5.09. The second-order valence-corrected chi connectivity index (χ2v) is 7.84. The number of carbonyl (C=O) groups is 2. The summed E-state index contributed by atoms with van der Waals surface area (Å²) in [6.07, 6.45) is 2.11. The standard InChI is InChI=1S/C16H21NO5S/c1-11-6-7-13(23(3,20)21)10-14(11)16(19)22-12(2)15(18)17-8-4-5-9-17/h6-7,10,12H,4-5,8-9H2,1-3H3/t12-/m1/s1. The Morgan fingerprint density at radius 2 is 1.83 bits per heavy atom. The molecule has 0 aromatic heterocycles. The minimum Gasteiger partial charge on any atom is -0.449 e. The van der Waals surface area contributed by atoms with E-state index in [0.717, 1.165) is 19.1 Å². The molecule has 1 heterocycles. The minimum absolute atomic E-state index is 0.0496. The van der Waals surface area contributed by atoms with Crippen molar-refractivity contribution in [2.75, 3.05) is 19.3 Å². The van der Waals surface area contributed by atoms with Gasteiger partial charge in [-0.3, -0.25) is 4.79 Å². The summed E-state index contributed by atoms with van der Waals surface area (Å²) in [4.78, 5) is 26.2. The Balaban J connectivity index is 2.15. The fourth-order valence-corrected chi connectivity index (χ4v) is 3.17. The van der Waals surface area contributed by atoms with Crippen molar-refractivity contribution < 1.29 is 22.7 Å². The van der Waals surface area contributed by atoms with E-state index in [-0.39, 0.29) is 16.4 Å². The summed E-state index contributed by atoms with van der Waals surface area (Å²) in [5, 5.41) is 0. The predicted molar refractivity (Wildman–Crippen MR) is 85.0 cm³/mol. The fourth-order valence-electron chi connectivity index (χ4n) is 2.52. The number of benzene rings is 1. The molecule has 0 spiro atoms. The molecule has 1 aromatic carbocycles. The van der Waals surface area contributed by atoms with Gasteiger partial charge in [0.2, 0.25) is 0 Å². The van der Waals surface area contributed by atoms with E-state index in [1.807, 2.05) is 0 Å². The van der Waals surface area contributed by atoms with Gasteiger partial charge in [0.15, 0.2) is 15.9 Å². The van der Waals surface area contributed by atoms with Crippen molar-refractivity contribution in [2.45, 2.75) is 37.7 Å². The molecular weight excluding hydrogens is 318 g/mol. The van der Waals surface area contributed by atoms with Gasteiger partial charge in [0, 0.05) is 19.3 Å². The van der Waals surface area contributed by atoms with E-state index in [1.54, 1.807) is 17.9 Å².